The quantitative estimate of drug-likeness (QED) is 0.131. The summed E-state index contributed by atoms with van der Waals surface area (Å²) in [4.78, 5) is 2.54. The molecule has 13 rings (SSSR count). The average Bonchev–Trinajstić information content (AvgIpc) is 3.76. The van der Waals surface area contributed by atoms with Crippen LogP contribution >= 0.6 is 0 Å². The maximum absolute atomic E-state index is 2.54. The van der Waals surface area contributed by atoms with Gasteiger partial charge in [-0.3, -0.25) is 0 Å². The largest absolute Gasteiger partial charge is 0.310 e. The van der Waals surface area contributed by atoms with Gasteiger partial charge in [0.15, 0.2) is 0 Å². The van der Waals surface area contributed by atoms with Crippen LogP contribution in [0.15, 0.2) is 285 Å². The summed E-state index contributed by atoms with van der Waals surface area (Å²) in [6.07, 6.45) is 0. The minimum Gasteiger partial charge on any atom is -0.310 e. The monoisotopic (exact) mass is 889 g/mol. The molecule has 0 saturated heterocycles. The second-order valence-corrected chi connectivity index (χ2v) is 18.3. The van der Waals surface area contributed by atoms with Crippen molar-refractivity contribution in [3.05, 3.63) is 307 Å². The van der Waals surface area contributed by atoms with E-state index in [1.165, 1.54) is 99.4 Å². The van der Waals surface area contributed by atoms with Gasteiger partial charge in [-0.05, 0) is 124 Å². The van der Waals surface area contributed by atoms with Crippen LogP contribution in [0.3, 0.4) is 0 Å². The van der Waals surface area contributed by atoms with E-state index < -0.39 is 5.41 Å². The number of fused-ring (bicyclic) bond motifs is 6. The average molecular weight is 890 g/mol. The van der Waals surface area contributed by atoms with Gasteiger partial charge in [-0.2, -0.15) is 0 Å². The van der Waals surface area contributed by atoms with Crippen LogP contribution in [0, 0.1) is 0 Å². The molecular formula is C69H47N. The predicted molar refractivity (Wildman–Crippen MR) is 295 cm³/mol. The molecule has 0 spiro atoms. The molecular weight excluding hydrogens is 843 g/mol. The van der Waals surface area contributed by atoms with Crippen LogP contribution in [0.2, 0.25) is 0 Å². The smallest absolute Gasteiger partial charge is 0.0714 e. The summed E-state index contributed by atoms with van der Waals surface area (Å²) in [7, 11) is 0. The molecule has 0 amide bonds. The van der Waals surface area contributed by atoms with Crippen molar-refractivity contribution in [2.24, 2.45) is 0 Å². The highest BCUT2D eigenvalue weighted by molar-refractivity contribution is 6.22. The Labute approximate surface area is 409 Å². The molecule has 0 radical (unpaired) electrons. The molecule has 0 fully saturated rings. The summed E-state index contributed by atoms with van der Waals surface area (Å²) >= 11 is 0. The highest BCUT2D eigenvalue weighted by Gasteiger charge is 2.47. The number of anilines is 3. The Hall–Kier alpha value is -9.04. The van der Waals surface area contributed by atoms with E-state index in [0.717, 1.165) is 17.1 Å². The Morgan fingerprint density at radius 2 is 0.686 bits per heavy atom. The first-order valence-electron chi connectivity index (χ1n) is 24.3. The van der Waals surface area contributed by atoms with Gasteiger partial charge < -0.3 is 4.90 Å². The van der Waals surface area contributed by atoms with Crippen molar-refractivity contribution < 1.29 is 0 Å². The molecule has 1 aliphatic carbocycles. The Morgan fingerprint density at radius 1 is 0.243 bits per heavy atom. The van der Waals surface area contributed by atoms with Crippen LogP contribution in [-0.2, 0) is 5.41 Å². The molecule has 1 aliphatic rings. The molecule has 12 aromatic rings. The molecule has 0 aromatic heterocycles. The zero-order valence-electron chi connectivity index (χ0n) is 38.6. The normalized spacial score (nSPS) is 12.4. The zero-order chi connectivity index (χ0) is 46.4. The molecule has 0 unspecified atom stereocenters. The first-order chi connectivity index (χ1) is 34.8. The van der Waals surface area contributed by atoms with Crippen molar-refractivity contribution in [3.63, 3.8) is 0 Å². The second kappa shape index (κ2) is 17.2. The number of benzene rings is 12. The van der Waals surface area contributed by atoms with Gasteiger partial charge in [0, 0.05) is 16.9 Å². The topological polar surface area (TPSA) is 3.24 Å². The molecule has 0 heterocycles. The van der Waals surface area contributed by atoms with Gasteiger partial charge in [0.2, 0.25) is 0 Å². The fourth-order valence-corrected chi connectivity index (χ4v) is 11.6. The lowest BCUT2D eigenvalue weighted by Crippen LogP contribution is -2.28. The highest BCUT2D eigenvalue weighted by Crippen LogP contribution is 2.60. The third kappa shape index (κ3) is 6.62. The van der Waals surface area contributed by atoms with Crippen molar-refractivity contribution in [2.75, 3.05) is 4.90 Å². The molecule has 328 valence electrons. The Balaban J connectivity index is 1.16. The molecule has 12 aromatic carbocycles. The third-order valence-corrected chi connectivity index (χ3v) is 14.5. The number of nitrogens with zero attached hydrogens (tertiary/aromatic N) is 1. The van der Waals surface area contributed by atoms with E-state index in [4.69, 9.17) is 0 Å². The molecule has 1 nitrogen and oxygen atoms in total. The summed E-state index contributed by atoms with van der Waals surface area (Å²) in [6.45, 7) is 0. The summed E-state index contributed by atoms with van der Waals surface area (Å²) in [6, 6.07) is 105. The zero-order valence-corrected chi connectivity index (χ0v) is 38.6. The summed E-state index contributed by atoms with van der Waals surface area (Å²) in [5, 5.41) is 4.89. The summed E-state index contributed by atoms with van der Waals surface area (Å²) in [5.74, 6) is 0. The molecule has 0 bridgehead atoms. The van der Waals surface area contributed by atoms with Gasteiger partial charge in [0.05, 0.1) is 11.1 Å². The standard InChI is InChI=1S/C69H47N/c1-7-24-48(25-8-1)56-44-42-54(46-61(56)49-26-9-2-10-27-49)70(65-41-23-40-64-68(65)60-38-21-22-39-63(60)69(64,52-32-15-5-16-33-52)53-34-17-6-18-35-53)55-43-45-58-57-36-19-20-37-59(57)66(50-28-11-3-12-29-50)67(62(58)47-55)51-30-13-4-14-31-51/h1-47H. The summed E-state index contributed by atoms with van der Waals surface area (Å²) < 4.78 is 0. The van der Waals surface area contributed by atoms with Crippen LogP contribution < -0.4 is 4.90 Å². The van der Waals surface area contributed by atoms with Gasteiger partial charge in [-0.1, -0.05) is 255 Å². The SMILES string of the molecule is c1ccc(-c2ccc(N(c3ccc4c(c3)c(-c3ccccc3)c(-c3ccccc3)c3ccccc34)c3cccc4c3-c3ccccc3C4(c3ccccc3)c3ccccc3)cc2-c2ccccc2)cc1. The maximum atomic E-state index is 2.54. The van der Waals surface area contributed by atoms with Crippen LogP contribution in [0.4, 0.5) is 17.1 Å². The van der Waals surface area contributed by atoms with Gasteiger partial charge >= 0.3 is 0 Å². The number of rotatable bonds is 9. The number of hydrogen-bond acceptors (Lipinski definition) is 1. The van der Waals surface area contributed by atoms with Crippen molar-refractivity contribution in [2.45, 2.75) is 5.41 Å². The lowest BCUT2D eigenvalue weighted by molar-refractivity contribution is 0.768. The highest BCUT2D eigenvalue weighted by atomic mass is 15.1. The van der Waals surface area contributed by atoms with Crippen LogP contribution in [0.5, 0.6) is 0 Å². The van der Waals surface area contributed by atoms with Crippen molar-refractivity contribution >= 4 is 38.6 Å². The predicted octanol–water partition coefficient (Wildman–Crippen LogP) is 18.5. The molecule has 0 aliphatic heterocycles. The van der Waals surface area contributed by atoms with Gasteiger partial charge in [0.25, 0.3) is 0 Å². The van der Waals surface area contributed by atoms with Crippen molar-refractivity contribution in [3.8, 4) is 55.6 Å². The van der Waals surface area contributed by atoms with E-state index in [1.807, 2.05) is 0 Å². The molecule has 0 N–H and O–H groups in total. The lowest BCUT2D eigenvalue weighted by Gasteiger charge is -2.34. The second-order valence-electron chi connectivity index (χ2n) is 18.3. The molecule has 0 atom stereocenters. The van der Waals surface area contributed by atoms with E-state index in [2.05, 4.69) is 290 Å². The van der Waals surface area contributed by atoms with E-state index in [0.29, 0.717) is 0 Å². The maximum Gasteiger partial charge on any atom is 0.0714 e. The Morgan fingerprint density at radius 3 is 1.30 bits per heavy atom. The van der Waals surface area contributed by atoms with E-state index >= 15 is 0 Å². The minimum atomic E-state index is -0.560. The summed E-state index contributed by atoms with van der Waals surface area (Å²) in [5.41, 5.74) is 19.8. The lowest BCUT2D eigenvalue weighted by atomic mass is 9.68. The third-order valence-electron chi connectivity index (χ3n) is 14.5. The Bertz CT molecular complexity index is 3810. The molecule has 1 heteroatoms. The van der Waals surface area contributed by atoms with Crippen LogP contribution in [0.1, 0.15) is 22.3 Å². The molecule has 70 heavy (non-hydrogen) atoms. The first kappa shape index (κ1) is 41.2. The van der Waals surface area contributed by atoms with Gasteiger partial charge in [-0.15, -0.1) is 0 Å². The van der Waals surface area contributed by atoms with Gasteiger partial charge in [0.1, 0.15) is 0 Å². The van der Waals surface area contributed by atoms with Gasteiger partial charge in [-0.25, -0.2) is 0 Å². The van der Waals surface area contributed by atoms with E-state index in [-0.39, 0.29) is 0 Å². The van der Waals surface area contributed by atoms with Crippen molar-refractivity contribution in [1.82, 2.24) is 0 Å². The van der Waals surface area contributed by atoms with Crippen LogP contribution in [-0.4, -0.2) is 0 Å². The van der Waals surface area contributed by atoms with Crippen LogP contribution in [0.25, 0.3) is 77.2 Å². The minimum absolute atomic E-state index is 0.560. The number of hydrogen-bond donors (Lipinski definition) is 0. The molecule has 0 saturated carbocycles. The van der Waals surface area contributed by atoms with E-state index in [9.17, 15) is 0 Å². The van der Waals surface area contributed by atoms with E-state index in [1.54, 1.807) is 0 Å². The van der Waals surface area contributed by atoms with Crippen molar-refractivity contribution in [1.29, 1.82) is 0 Å². The Kier molecular flexibility index (Phi) is 10.1. The first-order valence-corrected chi connectivity index (χ1v) is 24.3. The fourth-order valence-electron chi connectivity index (χ4n) is 11.6. The fraction of sp³-hybridized carbons (Fsp3) is 0.0145.